The number of thiazole rings is 1. The molecule has 1 aliphatic carbocycles. The van der Waals surface area contributed by atoms with Crippen molar-refractivity contribution in [1.82, 2.24) is 9.88 Å². The maximum absolute atomic E-state index is 13.1. The van der Waals surface area contributed by atoms with Gasteiger partial charge in [-0.25, -0.2) is 9.37 Å². The third kappa shape index (κ3) is 4.98. The van der Waals surface area contributed by atoms with E-state index in [1.165, 1.54) is 41.9 Å². The second kappa shape index (κ2) is 8.39. The molecule has 1 aromatic carbocycles. The van der Waals surface area contributed by atoms with Gasteiger partial charge in [0.2, 0.25) is 0 Å². The molecule has 1 aliphatic rings. The van der Waals surface area contributed by atoms with E-state index < -0.39 is 0 Å². The van der Waals surface area contributed by atoms with E-state index in [9.17, 15) is 9.18 Å². The average Bonchev–Trinajstić information content (AvgIpc) is 3.07. The summed E-state index contributed by atoms with van der Waals surface area (Å²) in [5.74, 6) is -0.311. The van der Waals surface area contributed by atoms with Gasteiger partial charge >= 0.3 is 0 Å². The van der Waals surface area contributed by atoms with Gasteiger partial charge in [0.05, 0.1) is 5.01 Å². The van der Waals surface area contributed by atoms with Crippen LogP contribution >= 0.6 is 11.3 Å². The zero-order valence-corrected chi connectivity index (χ0v) is 15.3. The number of carbonyl (C=O) groups is 1. The fourth-order valence-corrected chi connectivity index (χ4v) is 3.68. The average molecular weight is 358 g/mol. The summed E-state index contributed by atoms with van der Waals surface area (Å²) in [4.78, 5) is 19.0. The molecule has 0 saturated carbocycles. The minimum Gasteiger partial charge on any atom is -0.333 e. The molecule has 3 nitrogen and oxygen atoms in total. The zero-order chi connectivity index (χ0) is 17.6. The number of carbonyl (C=O) groups excluding carboxylic acids is 1. The summed E-state index contributed by atoms with van der Waals surface area (Å²) in [5.41, 5.74) is 2.87. The van der Waals surface area contributed by atoms with Crippen LogP contribution in [-0.4, -0.2) is 22.3 Å². The highest BCUT2D eigenvalue weighted by Gasteiger charge is 2.19. The van der Waals surface area contributed by atoms with Gasteiger partial charge in [0.15, 0.2) is 0 Å². The number of aryl methyl sites for hydroxylation is 1. The van der Waals surface area contributed by atoms with Crippen LogP contribution in [-0.2, 0) is 6.54 Å². The number of hydrogen-bond donors (Lipinski definition) is 0. The Morgan fingerprint density at radius 2 is 2.08 bits per heavy atom. The van der Waals surface area contributed by atoms with Gasteiger partial charge in [-0.1, -0.05) is 23.8 Å². The Kier molecular flexibility index (Phi) is 5.97. The third-order valence-corrected chi connectivity index (χ3v) is 5.27. The van der Waals surface area contributed by atoms with E-state index in [4.69, 9.17) is 0 Å². The summed E-state index contributed by atoms with van der Waals surface area (Å²) in [6.45, 7) is 3.04. The highest BCUT2D eigenvalue weighted by molar-refractivity contribution is 7.09. The lowest BCUT2D eigenvalue weighted by molar-refractivity contribution is 0.0739. The lowest BCUT2D eigenvalue weighted by atomic mass is 9.97. The number of aromatic nitrogens is 1. The normalized spacial score (nSPS) is 14.2. The molecule has 1 amide bonds. The van der Waals surface area contributed by atoms with Gasteiger partial charge < -0.3 is 4.90 Å². The Balaban J connectivity index is 1.73. The maximum Gasteiger partial charge on any atom is 0.273 e. The van der Waals surface area contributed by atoms with Crippen LogP contribution in [0, 0.1) is 12.7 Å². The quantitative estimate of drug-likeness (QED) is 0.671. The van der Waals surface area contributed by atoms with Gasteiger partial charge in [-0.2, -0.15) is 0 Å². The molecular formula is C20H23FN2OS. The number of rotatable bonds is 6. The smallest absolute Gasteiger partial charge is 0.273 e. The monoisotopic (exact) mass is 358 g/mol. The van der Waals surface area contributed by atoms with Crippen molar-refractivity contribution in [2.75, 3.05) is 6.54 Å². The first-order valence-electron chi connectivity index (χ1n) is 8.75. The Bertz CT molecular complexity index is 751. The lowest BCUT2D eigenvalue weighted by Crippen LogP contribution is -2.32. The summed E-state index contributed by atoms with van der Waals surface area (Å²) < 4.78 is 13.1. The topological polar surface area (TPSA) is 33.2 Å². The van der Waals surface area contributed by atoms with Crippen molar-refractivity contribution in [3.63, 3.8) is 0 Å². The molecule has 132 valence electrons. The van der Waals surface area contributed by atoms with E-state index in [1.807, 2.05) is 17.2 Å². The number of amides is 1. The van der Waals surface area contributed by atoms with Crippen molar-refractivity contribution in [1.29, 1.82) is 0 Å². The van der Waals surface area contributed by atoms with Crippen molar-refractivity contribution < 1.29 is 9.18 Å². The molecule has 3 rings (SSSR count). The molecule has 2 aromatic rings. The number of allylic oxidation sites excluding steroid dienone is 1. The first-order chi connectivity index (χ1) is 12.1. The van der Waals surface area contributed by atoms with Crippen LogP contribution in [0.1, 0.15) is 53.2 Å². The fourth-order valence-electron chi connectivity index (χ4n) is 3.10. The predicted molar refractivity (Wildman–Crippen MR) is 99.2 cm³/mol. The Labute approximate surface area is 152 Å². The van der Waals surface area contributed by atoms with E-state index in [-0.39, 0.29) is 11.7 Å². The van der Waals surface area contributed by atoms with Crippen LogP contribution in [0.15, 0.2) is 41.3 Å². The molecule has 1 aromatic heterocycles. The van der Waals surface area contributed by atoms with Crippen LogP contribution in [0.25, 0.3) is 0 Å². The lowest BCUT2D eigenvalue weighted by Gasteiger charge is -2.23. The van der Waals surface area contributed by atoms with E-state index in [1.54, 1.807) is 12.1 Å². The molecule has 0 N–H and O–H groups in total. The summed E-state index contributed by atoms with van der Waals surface area (Å²) in [6.07, 6.45) is 8.00. The van der Waals surface area contributed by atoms with Gasteiger partial charge in [-0.3, -0.25) is 4.79 Å². The highest BCUT2D eigenvalue weighted by atomic mass is 32.1. The molecule has 0 bridgehead atoms. The van der Waals surface area contributed by atoms with E-state index in [2.05, 4.69) is 11.1 Å². The van der Waals surface area contributed by atoms with Crippen LogP contribution < -0.4 is 0 Å². The molecule has 0 radical (unpaired) electrons. The standard InChI is InChI=1S/C20H23FN2OS/c1-15-22-19(14-25-15)20(24)23(12-11-16-5-3-2-4-6-16)13-17-7-9-18(21)10-8-17/h5,7-10,14H,2-4,6,11-13H2,1H3. The molecule has 0 saturated heterocycles. The van der Waals surface area contributed by atoms with Crippen molar-refractivity contribution >= 4 is 17.2 Å². The number of nitrogens with zero attached hydrogens (tertiary/aromatic N) is 2. The summed E-state index contributed by atoms with van der Waals surface area (Å²) in [7, 11) is 0. The fraction of sp³-hybridized carbons (Fsp3) is 0.400. The van der Waals surface area contributed by atoms with Crippen molar-refractivity contribution in [2.45, 2.75) is 45.6 Å². The molecule has 0 unspecified atom stereocenters. The minimum atomic E-state index is -0.260. The first kappa shape index (κ1) is 17.8. The predicted octanol–water partition coefficient (Wildman–Crippen LogP) is 5.12. The largest absolute Gasteiger partial charge is 0.333 e. The third-order valence-electron chi connectivity index (χ3n) is 4.50. The number of hydrogen-bond acceptors (Lipinski definition) is 3. The molecule has 5 heteroatoms. The van der Waals surface area contributed by atoms with Crippen LogP contribution in [0.4, 0.5) is 4.39 Å². The van der Waals surface area contributed by atoms with Crippen molar-refractivity contribution in [3.8, 4) is 0 Å². The summed E-state index contributed by atoms with van der Waals surface area (Å²) in [5, 5.41) is 2.70. The van der Waals surface area contributed by atoms with Crippen LogP contribution in [0.5, 0.6) is 0 Å². The van der Waals surface area contributed by atoms with Gasteiger partial charge in [-0.15, -0.1) is 11.3 Å². The molecule has 0 fully saturated rings. The summed E-state index contributed by atoms with van der Waals surface area (Å²) >= 11 is 1.48. The van der Waals surface area contributed by atoms with Gasteiger partial charge in [0.25, 0.3) is 5.91 Å². The molecular weight excluding hydrogens is 335 g/mol. The maximum atomic E-state index is 13.1. The van der Waals surface area contributed by atoms with E-state index in [0.717, 1.165) is 29.8 Å². The molecule has 0 aliphatic heterocycles. The van der Waals surface area contributed by atoms with E-state index >= 15 is 0 Å². The molecule has 0 atom stereocenters. The Morgan fingerprint density at radius 3 is 2.72 bits per heavy atom. The summed E-state index contributed by atoms with van der Waals surface area (Å²) in [6, 6.07) is 6.35. The highest BCUT2D eigenvalue weighted by Crippen LogP contribution is 2.21. The first-order valence-corrected chi connectivity index (χ1v) is 9.63. The van der Waals surface area contributed by atoms with Gasteiger partial charge in [0.1, 0.15) is 11.5 Å². The van der Waals surface area contributed by atoms with Crippen molar-refractivity contribution in [2.24, 2.45) is 0 Å². The second-order valence-corrected chi connectivity index (χ2v) is 7.53. The van der Waals surface area contributed by atoms with Crippen LogP contribution in [0.3, 0.4) is 0 Å². The molecule has 25 heavy (non-hydrogen) atoms. The van der Waals surface area contributed by atoms with Gasteiger partial charge in [0, 0.05) is 18.5 Å². The zero-order valence-electron chi connectivity index (χ0n) is 14.5. The second-order valence-electron chi connectivity index (χ2n) is 6.46. The van der Waals surface area contributed by atoms with Crippen LogP contribution in [0.2, 0.25) is 0 Å². The van der Waals surface area contributed by atoms with Crippen molar-refractivity contribution in [3.05, 3.63) is 63.4 Å². The van der Waals surface area contributed by atoms with Gasteiger partial charge in [-0.05, 0) is 56.7 Å². The molecule has 1 heterocycles. The Hall–Kier alpha value is -2.01. The molecule has 0 spiro atoms. The minimum absolute atomic E-state index is 0.0508. The SMILES string of the molecule is Cc1nc(C(=O)N(CCC2=CCCCC2)Cc2ccc(F)cc2)cs1. The van der Waals surface area contributed by atoms with E-state index in [0.29, 0.717) is 18.8 Å². The Morgan fingerprint density at radius 1 is 1.28 bits per heavy atom. The number of benzene rings is 1. The number of halogens is 1.